The zero-order valence-corrected chi connectivity index (χ0v) is 15.1. The molecule has 0 aliphatic rings. The van der Waals surface area contributed by atoms with Gasteiger partial charge in [0.15, 0.2) is 0 Å². The number of aliphatic carboxylic acids is 1. The van der Waals surface area contributed by atoms with E-state index in [1.807, 2.05) is 0 Å². The number of carbonyl (C=O) groups excluding carboxylic acids is 2. The number of ether oxygens (including phenoxy) is 1. The number of rotatable bonds is 10. The summed E-state index contributed by atoms with van der Waals surface area (Å²) in [7, 11) is 0. The number of anilines is 1. The van der Waals surface area contributed by atoms with Crippen LogP contribution in [-0.2, 0) is 20.8 Å². The van der Waals surface area contributed by atoms with Gasteiger partial charge >= 0.3 is 5.97 Å². The predicted molar refractivity (Wildman–Crippen MR) is 101 cm³/mol. The van der Waals surface area contributed by atoms with Crippen LogP contribution in [0.3, 0.4) is 0 Å². The molecule has 0 unspecified atom stereocenters. The molecule has 0 aromatic heterocycles. The maximum Gasteiger partial charge on any atom is 0.322 e. The molecule has 0 heterocycles. The molecule has 28 heavy (non-hydrogen) atoms. The first-order valence-electron chi connectivity index (χ1n) is 8.68. The Morgan fingerprint density at radius 2 is 1.79 bits per heavy atom. The molecule has 2 amide bonds. The van der Waals surface area contributed by atoms with Gasteiger partial charge in [-0.05, 0) is 36.2 Å². The summed E-state index contributed by atoms with van der Waals surface area (Å²) in [5, 5.41) is 13.5. The van der Waals surface area contributed by atoms with Gasteiger partial charge in [-0.1, -0.05) is 18.2 Å². The van der Waals surface area contributed by atoms with Crippen molar-refractivity contribution in [2.75, 3.05) is 18.5 Å². The molecule has 0 aliphatic carbocycles. The summed E-state index contributed by atoms with van der Waals surface area (Å²) in [5.41, 5.74) is 1.29. The van der Waals surface area contributed by atoms with Crippen LogP contribution in [0.4, 0.5) is 10.1 Å². The van der Waals surface area contributed by atoms with E-state index in [0.717, 1.165) is 0 Å². The summed E-state index contributed by atoms with van der Waals surface area (Å²) in [6, 6.07) is 12.5. The zero-order valence-electron chi connectivity index (χ0n) is 15.1. The Morgan fingerprint density at radius 3 is 2.46 bits per heavy atom. The van der Waals surface area contributed by atoms with E-state index in [1.54, 1.807) is 36.4 Å². The average molecular weight is 388 g/mol. The van der Waals surface area contributed by atoms with Crippen molar-refractivity contribution in [3.8, 4) is 5.75 Å². The molecule has 0 saturated carbocycles. The van der Waals surface area contributed by atoms with Crippen molar-refractivity contribution >= 4 is 23.5 Å². The van der Waals surface area contributed by atoms with Crippen LogP contribution < -0.4 is 15.4 Å². The van der Waals surface area contributed by atoms with E-state index < -0.39 is 18.4 Å². The molecule has 2 aromatic rings. The second kappa shape index (κ2) is 10.7. The zero-order chi connectivity index (χ0) is 20.4. The van der Waals surface area contributed by atoms with Crippen molar-refractivity contribution in [1.82, 2.24) is 5.32 Å². The predicted octanol–water partition coefficient (Wildman–Crippen LogP) is 2.37. The van der Waals surface area contributed by atoms with Gasteiger partial charge in [0.05, 0.1) is 13.0 Å². The number of hydrogen-bond donors (Lipinski definition) is 3. The van der Waals surface area contributed by atoms with Crippen LogP contribution in [0.15, 0.2) is 48.5 Å². The van der Waals surface area contributed by atoms with Crippen molar-refractivity contribution in [2.45, 2.75) is 19.3 Å². The molecule has 2 aromatic carbocycles. The van der Waals surface area contributed by atoms with Gasteiger partial charge in [0.25, 0.3) is 0 Å². The standard InChI is InChI=1S/C20H21FN2O5/c21-15-3-1-4-17(12-15)28-10-2-5-18(24)23-16-8-6-14(7-9-16)11-19(25)22-13-20(26)27/h1,3-4,6-9,12H,2,5,10-11,13H2,(H,22,25)(H,23,24)(H,26,27). The summed E-state index contributed by atoms with van der Waals surface area (Å²) in [6.07, 6.45) is 0.776. The molecule has 148 valence electrons. The Kier molecular flexibility index (Phi) is 7.95. The third-order valence-corrected chi connectivity index (χ3v) is 3.65. The highest BCUT2D eigenvalue weighted by molar-refractivity contribution is 5.90. The lowest BCUT2D eigenvalue weighted by Crippen LogP contribution is -2.30. The number of amides is 2. The first-order chi connectivity index (χ1) is 13.4. The molecule has 0 saturated heterocycles. The van der Waals surface area contributed by atoms with E-state index in [9.17, 15) is 18.8 Å². The Bertz CT molecular complexity index is 824. The van der Waals surface area contributed by atoms with Crippen molar-refractivity contribution in [2.24, 2.45) is 0 Å². The smallest absolute Gasteiger partial charge is 0.322 e. The summed E-state index contributed by atoms with van der Waals surface area (Å²) in [5.74, 6) is -1.64. The fraction of sp³-hybridized carbons (Fsp3) is 0.250. The Hall–Kier alpha value is -3.42. The van der Waals surface area contributed by atoms with E-state index in [4.69, 9.17) is 9.84 Å². The molecule has 0 fully saturated rings. The van der Waals surface area contributed by atoms with E-state index in [1.165, 1.54) is 12.1 Å². The van der Waals surface area contributed by atoms with Crippen LogP contribution in [0.2, 0.25) is 0 Å². The molecule has 0 aliphatic heterocycles. The van der Waals surface area contributed by atoms with Crippen molar-refractivity contribution in [3.63, 3.8) is 0 Å². The molecule has 0 spiro atoms. The molecule has 3 N–H and O–H groups in total. The summed E-state index contributed by atoms with van der Waals surface area (Å²) < 4.78 is 18.4. The third kappa shape index (κ3) is 7.86. The maximum atomic E-state index is 13.0. The van der Waals surface area contributed by atoms with E-state index in [0.29, 0.717) is 30.0 Å². The van der Waals surface area contributed by atoms with Crippen molar-refractivity contribution in [1.29, 1.82) is 0 Å². The van der Waals surface area contributed by atoms with Gasteiger partial charge in [-0.2, -0.15) is 0 Å². The van der Waals surface area contributed by atoms with Gasteiger partial charge in [0, 0.05) is 18.2 Å². The van der Waals surface area contributed by atoms with Crippen LogP contribution in [0.5, 0.6) is 5.75 Å². The number of hydrogen-bond acceptors (Lipinski definition) is 4. The highest BCUT2D eigenvalue weighted by Crippen LogP contribution is 2.13. The molecular weight excluding hydrogens is 367 g/mol. The summed E-state index contributed by atoms with van der Waals surface area (Å²) in [6.45, 7) is -0.128. The van der Waals surface area contributed by atoms with Gasteiger partial charge in [-0.25, -0.2) is 4.39 Å². The SMILES string of the molecule is O=C(O)CNC(=O)Cc1ccc(NC(=O)CCCOc2cccc(F)c2)cc1. The third-order valence-electron chi connectivity index (χ3n) is 3.65. The first-order valence-corrected chi connectivity index (χ1v) is 8.68. The number of carbonyl (C=O) groups is 3. The van der Waals surface area contributed by atoms with Gasteiger partial charge < -0.3 is 20.5 Å². The van der Waals surface area contributed by atoms with E-state index in [2.05, 4.69) is 10.6 Å². The molecule has 2 rings (SSSR count). The fourth-order valence-electron chi connectivity index (χ4n) is 2.33. The minimum Gasteiger partial charge on any atom is -0.493 e. The summed E-state index contributed by atoms with van der Waals surface area (Å²) in [4.78, 5) is 33.9. The number of benzene rings is 2. The number of carboxylic acid groups (broad SMARTS) is 1. The van der Waals surface area contributed by atoms with Crippen molar-refractivity contribution in [3.05, 3.63) is 59.9 Å². The Morgan fingerprint density at radius 1 is 1.04 bits per heavy atom. The lowest BCUT2D eigenvalue weighted by atomic mass is 10.1. The number of nitrogens with one attached hydrogen (secondary N) is 2. The second-order valence-electron chi connectivity index (χ2n) is 6.00. The Balaban J connectivity index is 1.69. The van der Waals surface area contributed by atoms with E-state index in [-0.39, 0.29) is 24.6 Å². The number of halogens is 1. The normalized spacial score (nSPS) is 10.2. The van der Waals surface area contributed by atoms with Gasteiger partial charge in [0.1, 0.15) is 18.1 Å². The lowest BCUT2D eigenvalue weighted by Gasteiger charge is -2.08. The fourth-order valence-corrected chi connectivity index (χ4v) is 2.33. The molecule has 7 nitrogen and oxygen atoms in total. The van der Waals surface area contributed by atoms with Crippen LogP contribution in [0, 0.1) is 5.82 Å². The molecule has 0 atom stereocenters. The molecule has 0 bridgehead atoms. The number of carboxylic acids is 1. The molecule has 0 radical (unpaired) electrons. The largest absolute Gasteiger partial charge is 0.493 e. The summed E-state index contributed by atoms with van der Waals surface area (Å²) >= 11 is 0. The van der Waals surface area contributed by atoms with Gasteiger partial charge in [-0.3, -0.25) is 14.4 Å². The molecular formula is C20H21FN2O5. The van der Waals surface area contributed by atoms with Gasteiger partial charge in [0.2, 0.25) is 11.8 Å². The van der Waals surface area contributed by atoms with Crippen LogP contribution >= 0.6 is 0 Å². The van der Waals surface area contributed by atoms with Crippen LogP contribution in [0.25, 0.3) is 0 Å². The molecule has 8 heteroatoms. The maximum absolute atomic E-state index is 13.0. The Labute approximate surface area is 161 Å². The quantitative estimate of drug-likeness (QED) is 0.542. The minimum absolute atomic E-state index is 0.0545. The highest BCUT2D eigenvalue weighted by Gasteiger charge is 2.07. The lowest BCUT2D eigenvalue weighted by molar-refractivity contribution is -0.137. The minimum atomic E-state index is -1.10. The second-order valence-corrected chi connectivity index (χ2v) is 6.00. The van der Waals surface area contributed by atoms with Crippen LogP contribution in [-0.4, -0.2) is 36.0 Å². The van der Waals surface area contributed by atoms with Gasteiger partial charge in [-0.15, -0.1) is 0 Å². The van der Waals surface area contributed by atoms with E-state index >= 15 is 0 Å². The highest BCUT2D eigenvalue weighted by atomic mass is 19.1. The topological polar surface area (TPSA) is 105 Å². The first kappa shape index (κ1) is 20.9. The monoisotopic (exact) mass is 388 g/mol. The van der Waals surface area contributed by atoms with Crippen molar-refractivity contribution < 1.29 is 28.6 Å². The van der Waals surface area contributed by atoms with Crippen LogP contribution in [0.1, 0.15) is 18.4 Å². The average Bonchev–Trinajstić information content (AvgIpc) is 2.65.